The fraction of sp³-hybridized carbons (Fsp3) is 0.400. The molecule has 2 aromatic carbocycles. The highest BCUT2D eigenvalue weighted by Crippen LogP contribution is 2.27. The topological polar surface area (TPSA) is 72.8 Å². The van der Waals surface area contributed by atoms with Gasteiger partial charge in [-0.1, -0.05) is 32.8 Å². The largest absolute Gasteiger partial charge is 0.507 e. The van der Waals surface area contributed by atoms with Crippen molar-refractivity contribution in [3.63, 3.8) is 0 Å². The van der Waals surface area contributed by atoms with Crippen LogP contribution in [0.25, 0.3) is 10.8 Å². The minimum atomic E-state index is -0.566. The van der Waals surface area contributed by atoms with E-state index in [9.17, 15) is 14.7 Å². The van der Waals surface area contributed by atoms with Gasteiger partial charge in [-0.05, 0) is 47.9 Å². The van der Waals surface area contributed by atoms with Gasteiger partial charge in [0.1, 0.15) is 11.3 Å². The smallest absolute Gasteiger partial charge is 0.341 e. The quantitative estimate of drug-likeness (QED) is 0.565. The Balaban J connectivity index is 2.23. The molecule has 0 heterocycles. The summed E-state index contributed by atoms with van der Waals surface area (Å²) in [5, 5.41) is 11.5. The van der Waals surface area contributed by atoms with Gasteiger partial charge in [-0.15, -0.1) is 0 Å². The standard InChI is InChI=1S/C20H24O5/c1-3-5-9-24-19(22)15-8-7-14-13-18(21)17(12-16(14)11-15)20(23)25-10-6-4-2/h7-8,11-13,21H,3-6,9-10H2,1-2H3. The Morgan fingerprint density at radius 3 is 2.16 bits per heavy atom. The maximum atomic E-state index is 12.1. The summed E-state index contributed by atoms with van der Waals surface area (Å²) in [7, 11) is 0. The molecule has 5 heteroatoms. The van der Waals surface area contributed by atoms with Gasteiger partial charge in [-0.3, -0.25) is 0 Å². The zero-order chi connectivity index (χ0) is 18.2. The average molecular weight is 344 g/mol. The molecule has 0 fully saturated rings. The number of phenols is 1. The molecule has 0 atom stereocenters. The van der Waals surface area contributed by atoms with Crippen LogP contribution in [0.1, 0.15) is 60.2 Å². The monoisotopic (exact) mass is 344 g/mol. The van der Waals surface area contributed by atoms with Gasteiger partial charge in [-0.2, -0.15) is 0 Å². The van der Waals surface area contributed by atoms with Crippen LogP contribution in [0.5, 0.6) is 5.75 Å². The molecular weight excluding hydrogens is 320 g/mol. The SMILES string of the molecule is CCCCOC(=O)c1ccc2cc(O)c(C(=O)OCCCC)cc2c1. The summed E-state index contributed by atoms with van der Waals surface area (Å²) in [6.45, 7) is 4.73. The van der Waals surface area contributed by atoms with Gasteiger partial charge >= 0.3 is 11.9 Å². The number of carbonyl (C=O) groups is 2. The third-order valence-electron chi connectivity index (χ3n) is 3.87. The van der Waals surface area contributed by atoms with Gasteiger partial charge in [-0.25, -0.2) is 9.59 Å². The van der Waals surface area contributed by atoms with Crippen LogP contribution in [-0.4, -0.2) is 30.3 Å². The Morgan fingerprint density at radius 1 is 0.880 bits per heavy atom. The number of ether oxygens (including phenoxy) is 2. The van der Waals surface area contributed by atoms with Crippen LogP contribution in [0.2, 0.25) is 0 Å². The van der Waals surface area contributed by atoms with E-state index in [1.807, 2.05) is 13.8 Å². The van der Waals surface area contributed by atoms with Gasteiger partial charge < -0.3 is 14.6 Å². The number of carbonyl (C=O) groups excluding carboxylic acids is 2. The lowest BCUT2D eigenvalue weighted by Crippen LogP contribution is -2.07. The average Bonchev–Trinajstić information content (AvgIpc) is 2.61. The first-order valence-corrected chi connectivity index (χ1v) is 8.67. The molecule has 134 valence electrons. The summed E-state index contributed by atoms with van der Waals surface area (Å²) in [5.74, 6) is -1.09. The highest BCUT2D eigenvalue weighted by molar-refractivity contribution is 6.01. The van der Waals surface area contributed by atoms with Crippen LogP contribution in [0.15, 0.2) is 30.3 Å². The number of benzene rings is 2. The van der Waals surface area contributed by atoms with E-state index >= 15 is 0 Å². The van der Waals surface area contributed by atoms with Crippen molar-refractivity contribution >= 4 is 22.7 Å². The first-order valence-electron chi connectivity index (χ1n) is 8.67. The first-order chi connectivity index (χ1) is 12.1. The summed E-state index contributed by atoms with van der Waals surface area (Å²) in [6, 6.07) is 8.07. The highest BCUT2D eigenvalue weighted by Gasteiger charge is 2.15. The van der Waals surface area contributed by atoms with Gasteiger partial charge in [0.25, 0.3) is 0 Å². The minimum absolute atomic E-state index is 0.0973. The summed E-state index contributed by atoms with van der Waals surface area (Å²) >= 11 is 0. The number of esters is 2. The number of fused-ring (bicyclic) bond motifs is 1. The summed E-state index contributed by atoms with van der Waals surface area (Å²) in [5.41, 5.74) is 0.514. The predicted octanol–water partition coefficient (Wildman–Crippen LogP) is 4.46. The van der Waals surface area contributed by atoms with Crippen molar-refractivity contribution in [1.82, 2.24) is 0 Å². The van der Waals surface area contributed by atoms with Crippen molar-refractivity contribution < 1.29 is 24.2 Å². The van der Waals surface area contributed by atoms with E-state index in [0.717, 1.165) is 31.1 Å². The molecular formula is C20H24O5. The van der Waals surface area contributed by atoms with E-state index in [4.69, 9.17) is 9.47 Å². The van der Waals surface area contributed by atoms with Crippen molar-refractivity contribution in [1.29, 1.82) is 0 Å². The van der Waals surface area contributed by atoms with E-state index in [1.54, 1.807) is 24.3 Å². The number of unbranched alkanes of at least 4 members (excludes halogenated alkanes) is 2. The van der Waals surface area contributed by atoms with Crippen LogP contribution < -0.4 is 0 Å². The summed E-state index contributed by atoms with van der Waals surface area (Å²) in [6.07, 6.45) is 3.46. The predicted molar refractivity (Wildman–Crippen MR) is 96.0 cm³/mol. The summed E-state index contributed by atoms with van der Waals surface area (Å²) < 4.78 is 10.4. The van der Waals surface area contributed by atoms with Crippen molar-refractivity contribution in [3.8, 4) is 5.75 Å². The first kappa shape index (κ1) is 18.8. The Labute approximate surface area is 147 Å². The second kappa shape index (κ2) is 9.06. The lowest BCUT2D eigenvalue weighted by atomic mass is 10.0. The Kier molecular flexibility index (Phi) is 6.81. The third-order valence-corrected chi connectivity index (χ3v) is 3.87. The second-order valence-electron chi connectivity index (χ2n) is 5.91. The minimum Gasteiger partial charge on any atom is -0.507 e. The molecule has 25 heavy (non-hydrogen) atoms. The molecule has 0 saturated carbocycles. The van der Waals surface area contributed by atoms with E-state index in [0.29, 0.717) is 24.2 Å². The van der Waals surface area contributed by atoms with Crippen molar-refractivity contribution in [2.24, 2.45) is 0 Å². The molecule has 5 nitrogen and oxygen atoms in total. The Hall–Kier alpha value is -2.56. The van der Waals surface area contributed by atoms with Gasteiger partial charge in [0.2, 0.25) is 0 Å². The van der Waals surface area contributed by atoms with E-state index in [2.05, 4.69) is 0 Å². The molecule has 0 unspecified atom stereocenters. The molecule has 0 spiro atoms. The van der Waals surface area contributed by atoms with Crippen LogP contribution in [0.3, 0.4) is 0 Å². The second-order valence-corrected chi connectivity index (χ2v) is 5.91. The van der Waals surface area contributed by atoms with Crippen LogP contribution in [-0.2, 0) is 9.47 Å². The van der Waals surface area contributed by atoms with Gasteiger partial charge in [0.05, 0.1) is 18.8 Å². The van der Waals surface area contributed by atoms with Crippen LogP contribution in [0.4, 0.5) is 0 Å². The van der Waals surface area contributed by atoms with E-state index in [1.165, 1.54) is 6.07 Å². The Morgan fingerprint density at radius 2 is 1.52 bits per heavy atom. The van der Waals surface area contributed by atoms with Crippen LogP contribution in [0, 0.1) is 0 Å². The van der Waals surface area contributed by atoms with Crippen molar-refractivity contribution in [3.05, 3.63) is 41.5 Å². The molecule has 0 aromatic heterocycles. The van der Waals surface area contributed by atoms with E-state index in [-0.39, 0.29) is 11.3 Å². The molecule has 2 aromatic rings. The molecule has 0 amide bonds. The molecule has 0 bridgehead atoms. The molecule has 0 aliphatic heterocycles. The fourth-order valence-corrected chi connectivity index (χ4v) is 2.36. The number of hydrogen-bond donors (Lipinski definition) is 1. The number of rotatable bonds is 8. The third kappa shape index (κ3) is 4.95. The zero-order valence-corrected chi connectivity index (χ0v) is 14.7. The van der Waals surface area contributed by atoms with Crippen LogP contribution >= 0.6 is 0 Å². The van der Waals surface area contributed by atoms with Crippen molar-refractivity contribution in [2.45, 2.75) is 39.5 Å². The van der Waals surface area contributed by atoms with Gasteiger partial charge in [0.15, 0.2) is 0 Å². The maximum Gasteiger partial charge on any atom is 0.341 e. The zero-order valence-electron chi connectivity index (χ0n) is 14.7. The fourth-order valence-electron chi connectivity index (χ4n) is 2.36. The molecule has 0 aliphatic carbocycles. The number of phenolic OH excluding ortho intramolecular Hbond substituents is 1. The molecule has 1 N–H and O–H groups in total. The Bertz CT molecular complexity index is 751. The lowest BCUT2D eigenvalue weighted by Gasteiger charge is -2.09. The van der Waals surface area contributed by atoms with E-state index < -0.39 is 11.9 Å². The number of aromatic hydroxyl groups is 1. The molecule has 0 radical (unpaired) electrons. The molecule has 2 rings (SSSR count). The molecule has 0 saturated heterocycles. The summed E-state index contributed by atoms with van der Waals surface area (Å²) in [4.78, 5) is 24.2. The lowest BCUT2D eigenvalue weighted by molar-refractivity contribution is 0.0489. The molecule has 0 aliphatic rings. The number of hydrogen-bond acceptors (Lipinski definition) is 5. The highest BCUT2D eigenvalue weighted by atomic mass is 16.5. The normalized spacial score (nSPS) is 10.6. The van der Waals surface area contributed by atoms with Gasteiger partial charge in [0, 0.05) is 0 Å². The maximum absolute atomic E-state index is 12.1. The van der Waals surface area contributed by atoms with Crippen molar-refractivity contribution in [2.75, 3.05) is 13.2 Å².